The van der Waals surface area contributed by atoms with Crippen molar-refractivity contribution >= 4 is 23.1 Å². The summed E-state index contributed by atoms with van der Waals surface area (Å²) in [6.07, 6.45) is 3.84. The quantitative estimate of drug-likeness (QED) is 0.666. The maximum absolute atomic E-state index is 9.22. The molecule has 1 amide bonds. The third kappa shape index (κ3) is 4.02. The number of nitriles is 1. The summed E-state index contributed by atoms with van der Waals surface area (Å²) in [5.74, 6) is 2.62. The number of amides is 1. The van der Waals surface area contributed by atoms with Crippen LogP contribution in [0.4, 0.5) is 5.69 Å². The number of hydrogen-bond acceptors (Lipinski definition) is 5. The van der Waals surface area contributed by atoms with Crippen molar-refractivity contribution < 1.29 is 9.53 Å². The summed E-state index contributed by atoms with van der Waals surface area (Å²) in [7, 11) is 0. The lowest BCUT2D eigenvalue weighted by Gasteiger charge is -2.10. The zero-order chi connectivity index (χ0) is 20.2. The SMILES string of the molecule is N#Cc1cccc(-c2nc3cc(NCC4CC4)cc4c3n2CCCO4)c1.NC=O. The highest BCUT2D eigenvalue weighted by Crippen LogP contribution is 2.36. The topological polar surface area (TPSA) is 106 Å². The van der Waals surface area contributed by atoms with Gasteiger partial charge in [0.05, 0.1) is 23.8 Å². The molecule has 1 fully saturated rings. The molecule has 2 aliphatic rings. The van der Waals surface area contributed by atoms with Crippen LogP contribution >= 0.6 is 0 Å². The van der Waals surface area contributed by atoms with Crippen molar-refractivity contribution in [2.24, 2.45) is 11.7 Å². The Morgan fingerprint density at radius 1 is 1.34 bits per heavy atom. The Bertz CT molecular complexity index is 1080. The molecular formula is C22H23N5O2. The number of aryl methyl sites for hydroxylation is 1. The van der Waals surface area contributed by atoms with E-state index >= 15 is 0 Å². The Labute approximate surface area is 169 Å². The molecule has 7 heteroatoms. The number of hydrogen-bond donors (Lipinski definition) is 2. The molecule has 0 saturated heterocycles. The van der Waals surface area contributed by atoms with Crippen LogP contribution in [-0.4, -0.2) is 29.1 Å². The predicted molar refractivity (Wildman–Crippen MR) is 111 cm³/mol. The van der Waals surface area contributed by atoms with Crippen LogP contribution in [0.2, 0.25) is 0 Å². The minimum Gasteiger partial charge on any atom is -0.491 e. The maximum atomic E-state index is 9.22. The Morgan fingerprint density at radius 2 is 2.17 bits per heavy atom. The average molecular weight is 389 g/mol. The smallest absolute Gasteiger partial charge is 0.204 e. The van der Waals surface area contributed by atoms with E-state index in [1.165, 1.54) is 12.8 Å². The van der Waals surface area contributed by atoms with Gasteiger partial charge in [0, 0.05) is 30.4 Å². The molecule has 0 atom stereocenters. The van der Waals surface area contributed by atoms with Gasteiger partial charge in [-0.25, -0.2) is 4.98 Å². The first-order valence-electron chi connectivity index (χ1n) is 9.80. The van der Waals surface area contributed by atoms with Gasteiger partial charge < -0.3 is 20.4 Å². The molecule has 1 aliphatic heterocycles. The fraction of sp³-hybridized carbons (Fsp3) is 0.318. The summed E-state index contributed by atoms with van der Waals surface area (Å²) in [6.45, 7) is 2.59. The van der Waals surface area contributed by atoms with Crippen LogP contribution in [0.5, 0.6) is 5.75 Å². The fourth-order valence-electron chi connectivity index (χ4n) is 3.60. The minimum absolute atomic E-state index is 0.250. The van der Waals surface area contributed by atoms with E-state index in [1.807, 2.05) is 24.3 Å². The predicted octanol–water partition coefficient (Wildman–Crippen LogP) is 3.28. The zero-order valence-corrected chi connectivity index (χ0v) is 16.1. The second-order valence-electron chi connectivity index (χ2n) is 7.28. The molecule has 29 heavy (non-hydrogen) atoms. The van der Waals surface area contributed by atoms with Gasteiger partial charge in [-0.1, -0.05) is 12.1 Å². The van der Waals surface area contributed by atoms with Crippen LogP contribution in [0.15, 0.2) is 36.4 Å². The van der Waals surface area contributed by atoms with Crippen molar-refractivity contribution in [3.63, 3.8) is 0 Å². The van der Waals surface area contributed by atoms with Crippen molar-refractivity contribution in [3.8, 4) is 23.2 Å². The number of nitrogens with two attached hydrogens (primary N) is 1. The molecule has 3 aromatic rings. The highest BCUT2D eigenvalue weighted by Gasteiger charge is 2.23. The van der Waals surface area contributed by atoms with Crippen molar-refractivity contribution in [2.45, 2.75) is 25.8 Å². The van der Waals surface area contributed by atoms with Crippen LogP contribution in [0.3, 0.4) is 0 Å². The summed E-state index contributed by atoms with van der Waals surface area (Å²) < 4.78 is 8.26. The van der Waals surface area contributed by atoms with Gasteiger partial charge in [-0.15, -0.1) is 0 Å². The number of nitrogens with one attached hydrogen (secondary N) is 1. The van der Waals surface area contributed by atoms with Crippen molar-refractivity contribution in [1.29, 1.82) is 5.26 Å². The second-order valence-corrected chi connectivity index (χ2v) is 7.28. The first kappa shape index (κ1) is 18.8. The van der Waals surface area contributed by atoms with Gasteiger partial charge in [-0.05, 0) is 43.4 Å². The number of imidazole rings is 1. The third-order valence-electron chi connectivity index (χ3n) is 5.13. The van der Waals surface area contributed by atoms with Crippen LogP contribution in [-0.2, 0) is 11.3 Å². The van der Waals surface area contributed by atoms with E-state index in [1.54, 1.807) is 0 Å². The van der Waals surface area contributed by atoms with Crippen LogP contribution in [0.1, 0.15) is 24.8 Å². The number of carbonyl (C=O) groups is 1. The van der Waals surface area contributed by atoms with Gasteiger partial charge >= 0.3 is 0 Å². The third-order valence-corrected chi connectivity index (χ3v) is 5.13. The number of primary amides is 1. The molecule has 0 spiro atoms. The minimum atomic E-state index is 0.250. The van der Waals surface area contributed by atoms with E-state index in [-0.39, 0.29) is 6.41 Å². The number of benzene rings is 2. The van der Waals surface area contributed by atoms with Gasteiger partial charge in [-0.2, -0.15) is 5.26 Å². The van der Waals surface area contributed by atoms with E-state index in [0.717, 1.165) is 59.3 Å². The molecule has 1 aliphatic carbocycles. The van der Waals surface area contributed by atoms with Crippen molar-refractivity contribution in [1.82, 2.24) is 9.55 Å². The first-order chi connectivity index (χ1) is 14.2. The van der Waals surface area contributed by atoms with E-state index in [4.69, 9.17) is 14.5 Å². The number of rotatable bonds is 4. The molecule has 2 aromatic carbocycles. The number of nitrogens with zero attached hydrogens (tertiary/aromatic N) is 3. The standard InChI is InChI=1S/C21H20N4O.CH3NO/c22-12-15-3-1-4-16(9-15)21-24-18-10-17(23-13-14-5-6-14)11-19-20(18)25(21)7-2-8-26-19;2-1-3/h1,3-4,9-11,14,23H,2,5-8,13H2;1H,(H2,2,3). The molecule has 3 N–H and O–H groups in total. The summed E-state index contributed by atoms with van der Waals surface area (Å²) in [6, 6.07) is 14.1. The summed E-state index contributed by atoms with van der Waals surface area (Å²) in [5, 5.41) is 12.7. The lowest BCUT2D eigenvalue weighted by molar-refractivity contribution is -0.106. The number of anilines is 1. The lowest BCUT2D eigenvalue weighted by Crippen LogP contribution is -2.03. The molecule has 148 valence electrons. The number of ether oxygens (including phenoxy) is 1. The molecule has 5 rings (SSSR count). The van der Waals surface area contributed by atoms with Crippen molar-refractivity contribution in [3.05, 3.63) is 42.0 Å². The highest BCUT2D eigenvalue weighted by atomic mass is 16.5. The Balaban J connectivity index is 0.000000645. The number of aromatic nitrogens is 2. The molecule has 1 saturated carbocycles. The van der Waals surface area contributed by atoms with Gasteiger partial charge in [0.15, 0.2) is 0 Å². The Morgan fingerprint density at radius 3 is 2.93 bits per heavy atom. The summed E-state index contributed by atoms with van der Waals surface area (Å²) >= 11 is 0. The normalized spacial score (nSPS) is 14.7. The fourth-order valence-corrected chi connectivity index (χ4v) is 3.60. The second kappa shape index (κ2) is 8.23. The Kier molecular flexibility index (Phi) is 5.34. The molecule has 2 heterocycles. The number of carbonyl (C=O) groups excluding carboxylic acids is 1. The van der Waals surface area contributed by atoms with E-state index in [9.17, 15) is 5.26 Å². The van der Waals surface area contributed by atoms with Gasteiger partial charge in [0.2, 0.25) is 6.41 Å². The van der Waals surface area contributed by atoms with Crippen LogP contribution in [0, 0.1) is 17.2 Å². The largest absolute Gasteiger partial charge is 0.491 e. The molecule has 1 aromatic heterocycles. The van der Waals surface area contributed by atoms with Crippen molar-refractivity contribution in [2.75, 3.05) is 18.5 Å². The van der Waals surface area contributed by atoms with Gasteiger partial charge in [0.25, 0.3) is 0 Å². The van der Waals surface area contributed by atoms with Gasteiger partial charge in [0.1, 0.15) is 17.1 Å². The highest BCUT2D eigenvalue weighted by molar-refractivity contribution is 5.89. The lowest BCUT2D eigenvalue weighted by atomic mass is 10.1. The summed E-state index contributed by atoms with van der Waals surface area (Å²) in [4.78, 5) is 13.5. The van der Waals surface area contributed by atoms with Crippen LogP contribution in [0.25, 0.3) is 22.4 Å². The Hall–Kier alpha value is -3.53. The zero-order valence-electron chi connectivity index (χ0n) is 16.1. The average Bonchev–Trinajstić information content (AvgIpc) is 3.52. The van der Waals surface area contributed by atoms with E-state index in [0.29, 0.717) is 12.2 Å². The van der Waals surface area contributed by atoms with Crippen LogP contribution < -0.4 is 15.8 Å². The van der Waals surface area contributed by atoms with E-state index < -0.39 is 0 Å². The monoisotopic (exact) mass is 389 g/mol. The molecule has 0 bridgehead atoms. The molecular weight excluding hydrogens is 366 g/mol. The van der Waals surface area contributed by atoms with E-state index in [2.05, 4.69) is 33.8 Å². The molecule has 0 unspecified atom stereocenters. The maximum Gasteiger partial charge on any atom is 0.204 e. The molecule has 0 radical (unpaired) electrons. The summed E-state index contributed by atoms with van der Waals surface area (Å²) in [5.41, 5.74) is 8.86. The first-order valence-corrected chi connectivity index (χ1v) is 9.80. The molecule has 7 nitrogen and oxygen atoms in total. The van der Waals surface area contributed by atoms with Gasteiger partial charge in [-0.3, -0.25) is 4.79 Å².